The van der Waals surface area contributed by atoms with E-state index in [-0.39, 0.29) is 11.4 Å². The van der Waals surface area contributed by atoms with Crippen molar-refractivity contribution in [3.05, 3.63) is 58.1 Å². The first-order valence-electron chi connectivity index (χ1n) is 5.45. The van der Waals surface area contributed by atoms with Crippen LogP contribution in [0.25, 0.3) is 11.1 Å². The number of benzene rings is 2. The second kappa shape index (κ2) is 4.85. The number of hydrogen-bond donors (Lipinski definition) is 2. The molecule has 18 heavy (non-hydrogen) atoms. The minimum absolute atomic E-state index is 0.0840. The van der Waals surface area contributed by atoms with Crippen molar-refractivity contribution < 1.29 is 4.92 Å². The summed E-state index contributed by atoms with van der Waals surface area (Å²) < 4.78 is 0. The van der Waals surface area contributed by atoms with Gasteiger partial charge >= 0.3 is 0 Å². The molecule has 0 saturated carbocycles. The summed E-state index contributed by atoms with van der Waals surface area (Å²) in [7, 11) is 0. The fourth-order valence-corrected chi connectivity index (χ4v) is 1.85. The molecule has 0 aliphatic carbocycles. The Labute approximate surface area is 104 Å². The van der Waals surface area contributed by atoms with E-state index in [1.54, 1.807) is 12.1 Å². The fourth-order valence-electron chi connectivity index (χ4n) is 1.85. The van der Waals surface area contributed by atoms with Gasteiger partial charge in [-0.05, 0) is 22.8 Å². The Morgan fingerprint density at radius 1 is 1.17 bits per heavy atom. The molecule has 2 aromatic rings. The largest absolute Gasteiger partial charge is 0.393 e. The van der Waals surface area contributed by atoms with Gasteiger partial charge in [0.15, 0.2) is 0 Å². The first-order chi connectivity index (χ1) is 8.63. The minimum atomic E-state index is -0.482. The molecule has 4 N–H and O–H groups in total. The summed E-state index contributed by atoms with van der Waals surface area (Å²) in [6.07, 6.45) is 0. The third-order valence-corrected chi connectivity index (χ3v) is 2.78. The average Bonchev–Trinajstić information content (AvgIpc) is 2.39. The number of rotatable bonds is 3. The van der Waals surface area contributed by atoms with Gasteiger partial charge in [-0.25, -0.2) is 0 Å². The fraction of sp³-hybridized carbons (Fsp3) is 0.0769. The Bertz CT molecular complexity index is 597. The van der Waals surface area contributed by atoms with E-state index in [1.165, 1.54) is 6.07 Å². The molecule has 0 fully saturated rings. The van der Waals surface area contributed by atoms with Crippen molar-refractivity contribution in [1.29, 1.82) is 0 Å². The van der Waals surface area contributed by atoms with E-state index in [9.17, 15) is 10.1 Å². The van der Waals surface area contributed by atoms with E-state index < -0.39 is 4.92 Å². The number of hydrogen-bond acceptors (Lipinski definition) is 4. The maximum absolute atomic E-state index is 10.9. The molecule has 0 atom stereocenters. The van der Waals surface area contributed by atoms with Gasteiger partial charge < -0.3 is 11.5 Å². The van der Waals surface area contributed by atoms with Gasteiger partial charge in [0.05, 0.1) is 4.92 Å². The summed E-state index contributed by atoms with van der Waals surface area (Å²) in [5.41, 5.74) is 13.9. The Hall–Kier alpha value is -2.40. The van der Waals surface area contributed by atoms with Crippen LogP contribution < -0.4 is 11.5 Å². The molecule has 92 valence electrons. The van der Waals surface area contributed by atoms with Crippen LogP contribution in [-0.2, 0) is 6.54 Å². The number of nitrogens with zero attached hydrogens (tertiary/aromatic N) is 1. The van der Waals surface area contributed by atoms with Crippen LogP contribution in [0.2, 0.25) is 0 Å². The van der Waals surface area contributed by atoms with Crippen LogP contribution in [0.1, 0.15) is 5.56 Å². The maximum atomic E-state index is 10.9. The van der Waals surface area contributed by atoms with Crippen molar-refractivity contribution in [1.82, 2.24) is 0 Å². The molecule has 0 unspecified atom stereocenters. The van der Waals surface area contributed by atoms with Crippen LogP contribution in [0.15, 0.2) is 42.5 Å². The number of nitro groups is 1. The lowest BCUT2D eigenvalue weighted by Gasteiger charge is -2.08. The number of nitrogens with two attached hydrogens (primary N) is 2. The third kappa shape index (κ3) is 2.16. The first-order valence-corrected chi connectivity index (χ1v) is 5.45. The zero-order valence-corrected chi connectivity index (χ0v) is 9.67. The van der Waals surface area contributed by atoms with E-state index in [4.69, 9.17) is 11.5 Å². The Morgan fingerprint density at radius 2 is 1.89 bits per heavy atom. The molecule has 0 radical (unpaired) electrons. The summed E-state index contributed by atoms with van der Waals surface area (Å²) in [5, 5.41) is 10.9. The zero-order valence-electron chi connectivity index (χ0n) is 9.67. The Balaban J connectivity index is 2.58. The lowest BCUT2D eigenvalue weighted by atomic mass is 9.99. The predicted molar refractivity (Wildman–Crippen MR) is 70.8 cm³/mol. The molecule has 5 heteroatoms. The SMILES string of the molecule is NCc1ccccc1-c1ccc(N)c([N+](=O)[O-])c1. The van der Waals surface area contributed by atoms with Gasteiger partial charge in [0.1, 0.15) is 5.69 Å². The molecule has 0 saturated heterocycles. The molecule has 0 aromatic heterocycles. The summed E-state index contributed by atoms with van der Waals surface area (Å²) in [4.78, 5) is 10.4. The Kier molecular flexibility index (Phi) is 3.25. The molecule has 2 rings (SSSR count). The highest BCUT2D eigenvalue weighted by molar-refractivity contribution is 5.74. The number of anilines is 1. The van der Waals surface area contributed by atoms with Crippen molar-refractivity contribution in [3.63, 3.8) is 0 Å². The van der Waals surface area contributed by atoms with E-state index in [0.29, 0.717) is 6.54 Å². The second-order valence-electron chi connectivity index (χ2n) is 3.89. The minimum Gasteiger partial charge on any atom is -0.393 e. The van der Waals surface area contributed by atoms with Crippen molar-refractivity contribution in [2.45, 2.75) is 6.54 Å². The van der Waals surface area contributed by atoms with Crippen LogP contribution in [0.3, 0.4) is 0 Å². The van der Waals surface area contributed by atoms with Gasteiger partial charge in [-0.2, -0.15) is 0 Å². The highest BCUT2D eigenvalue weighted by Gasteiger charge is 2.13. The molecule has 0 aliphatic heterocycles. The summed E-state index contributed by atoms with van der Waals surface area (Å²) in [5.74, 6) is 0. The topological polar surface area (TPSA) is 95.2 Å². The van der Waals surface area contributed by atoms with Crippen molar-refractivity contribution in [2.75, 3.05) is 5.73 Å². The number of nitrogen functional groups attached to an aromatic ring is 1. The molecule has 0 spiro atoms. The van der Waals surface area contributed by atoms with Crippen molar-refractivity contribution in [3.8, 4) is 11.1 Å². The van der Waals surface area contributed by atoms with Crippen LogP contribution in [-0.4, -0.2) is 4.92 Å². The highest BCUT2D eigenvalue weighted by Crippen LogP contribution is 2.30. The number of nitro benzene ring substituents is 1. The third-order valence-electron chi connectivity index (χ3n) is 2.78. The van der Waals surface area contributed by atoms with Gasteiger partial charge in [-0.15, -0.1) is 0 Å². The molecular weight excluding hydrogens is 230 g/mol. The smallest absolute Gasteiger partial charge is 0.292 e. The standard InChI is InChI=1S/C13H13N3O2/c14-8-10-3-1-2-4-11(10)9-5-6-12(15)13(7-9)16(17)18/h1-7H,8,14-15H2. The van der Waals surface area contributed by atoms with Crippen molar-refractivity contribution in [2.24, 2.45) is 5.73 Å². The van der Waals surface area contributed by atoms with Crippen LogP contribution in [0.4, 0.5) is 11.4 Å². The zero-order chi connectivity index (χ0) is 13.1. The molecule has 5 nitrogen and oxygen atoms in total. The van der Waals surface area contributed by atoms with E-state index in [1.807, 2.05) is 24.3 Å². The van der Waals surface area contributed by atoms with Crippen molar-refractivity contribution >= 4 is 11.4 Å². The monoisotopic (exact) mass is 243 g/mol. The summed E-state index contributed by atoms with van der Waals surface area (Å²) >= 11 is 0. The van der Waals surface area contributed by atoms with E-state index in [2.05, 4.69) is 0 Å². The normalized spacial score (nSPS) is 10.3. The first kappa shape index (κ1) is 12.1. The van der Waals surface area contributed by atoms with Gasteiger partial charge in [0.25, 0.3) is 5.69 Å². The molecule has 0 amide bonds. The van der Waals surface area contributed by atoms with Crippen LogP contribution in [0, 0.1) is 10.1 Å². The summed E-state index contributed by atoms with van der Waals surface area (Å²) in [6, 6.07) is 12.3. The lowest BCUT2D eigenvalue weighted by Crippen LogP contribution is -2.00. The van der Waals surface area contributed by atoms with Gasteiger partial charge in [0.2, 0.25) is 0 Å². The second-order valence-corrected chi connectivity index (χ2v) is 3.89. The van der Waals surface area contributed by atoms with E-state index >= 15 is 0 Å². The molecule has 2 aromatic carbocycles. The van der Waals surface area contributed by atoms with Gasteiger partial charge in [0, 0.05) is 12.6 Å². The highest BCUT2D eigenvalue weighted by atomic mass is 16.6. The van der Waals surface area contributed by atoms with Gasteiger partial charge in [-0.3, -0.25) is 10.1 Å². The lowest BCUT2D eigenvalue weighted by molar-refractivity contribution is -0.383. The maximum Gasteiger partial charge on any atom is 0.292 e. The quantitative estimate of drug-likeness (QED) is 0.491. The van der Waals surface area contributed by atoms with Crippen LogP contribution in [0.5, 0.6) is 0 Å². The van der Waals surface area contributed by atoms with Gasteiger partial charge in [-0.1, -0.05) is 30.3 Å². The Morgan fingerprint density at radius 3 is 2.56 bits per heavy atom. The predicted octanol–water partition coefficient (Wildman–Crippen LogP) is 2.30. The summed E-state index contributed by atoms with van der Waals surface area (Å²) in [6.45, 7) is 0.383. The molecule has 0 heterocycles. The van der Waals surface area contributed by atoms with Crippen LogP contribution >= 0.6 is 0 Å². The average molecular weight is 243 g/mol. The molecular formula is C13H13N3O2. The molecule has 0 bridgehead atoms. The molecule has 0 aliphatic rings. The van der Waals surface area contributed by atoms with E-state index in [0.717, 1.165) is 16.7 Å².